The lowest BCUT2D eigenvalue weighted by atomic mass is 10.0. The van der Waals surface area contributed by atoms with E-state index < -0.39 is 0 Å². The molecule has 2 nitrogen and oxygen atoms in total. The van der Waals surface area contributed by atoms with Crippen molar-refractivity contribution in [1.29, 1.82) is 0 Å². The predicted molar refractivity (Wildman–Crippen MR) is 230 cm³/mol. The molecule has 0 aliphatic carbocycles. The highest BCUT2D eigenvalue weighted by molar-refractivity contribution is 5.69. The smallest absolute Gasteiger partial charge is 0.305 e. The Morgan fingerprint density at radius 3 is 0.647 bits per heavy atom. The molecule has 0 amide bonds. The van der Waals surface area contributed by atoms with Crippen molar-refractivity contribution in [3.63, 3.8) is 0 Å². The lowest BCUT2D eigenvalue weighted by Gasteiger charge is -2.06. The van der Waals surface area contributed by atoms with Gasteiger partial charge in [0, 0.05) is 6.42 Å². The molecule has 0 aliphatic heterocycles. The van der Waals surface area contributed by atoms with E-state index in [9.17, 15) is 4.79 Å². The van der Waals surface area contributed by atoms with E-state index in [1.165, 1.54) is 270 Å². The lowest BCUT2D eigenvalue weighted by Crippen LogP contribution is -2.05. The Balaban J connectivity index is 3.13. The second-order valence-corrected chi connectivity index (χ2v) is 16.8. The highest BCUT2D eigenvalue weighted by atomic mass is 16.5. The van der Waals surface area contributed by atoms with E-state index in [1.807, 2.05) is 0 Å². The number of unbranched alkanes of at least 4 members (excludes halogenated alkanes) is 42. The van der Waals surface area contributed by atoms with Crippen LogP contribution in [0.3, 0.4) is 0 Å². The number of hydrogen-bond donors (Lipinski definition) is 0. The van der Waals surface area contributed by atoms with Crippen molar-refractivity contribution >= 4 is 5.97 Å². The van der Waals surface area contributed by atoms with E-state index in [-0.39, 0.29) is 5.97 Å². The largest absolute Gasteiger partial charge is 0.466 e. The zero-order valence-corrected chi connectivity index (χ0v) is 35.8. The summed E-state index contributed by atoms with van der Waals surface area (Å²) >= 11 is 0. The van der Waals surface area contributed by atoms with Crippen molar-refractivity contribution in [2.45, 2.75) is 303 Å². The molecule has 51 heavy (non-hydrogen) atoms. The summed E-state index contributed by atoms with van der Waals surface area (Å²) in [5.41, 5.74) is 0. The summed E-state index contributed by atoms with van der Waals surface area (Å²) in [7, 11) is 0. The van der Waals surface area contributed by atoms with Gasteiger partial charge in [0.25, 0.3) is 0 Å². The zero-order chi connectivity index (χ0) is 36.8. The van der Waals surface area contributed by atoms with Crippen LogP contribution in [0.5, 0.6) is 0 Å². The molecule has 0 bridgehead atoms. The maximum absolute atomic E-state index is 12.0. The van der Waals surface area contributed by atoms with E-state index in [4.69, 9.17) is 4.74 Å². The third-order valence-electron chi connectivity index (χ3n) is 11.5. The highest BCUT2D eigenvalue weighted by Gasteiger charge is 2.03. The molecule has 0 aromatic rings. The molecule has 0 N–H and O–H groups in total. The van der Waals surface area contributed by atoms with Crippen LogP contribution < -0.4 is 0 Å². The summed E-state index contributed by atoms with van der Waals surface area (Å²) < 4.78 is 5.48. The van der Waals surface area contributed by atoms with Gasteiger partial charge in [-0.1, -0.05) is 284 Å². The molecule has 0 aromatic carbocycles. The first-order chi connectivity index (χ1) is 25.3. The first kappa shape index (κ1) is 50.5. The van der Waals surface area contributed by atoms with Crippen molar-refractivity contribution in [2.24, 2.45) is 0 Å². The second kappa shape index (κ2) is 47.5. The minimum Gasteiger partial charge on any atom is -0.466 e. The van der Waals surface area contributed by atoms with Gasteiger partial charge in [0.05, 0.1) is 6.61 Å². The molecular formula is C49H98O2. The van der Waals surface area contributed by atoms with Crippen LogP contribution in [0.15, 0.2) is 0 Å². The Hall–Kier alpha value is -0.530. The Morgan fingerprint density at radius 2 is 0.431 bits per heavy atom. The van der Waals surface area contributed by atoms with Crippen LogP contribution in [-0.4, -0.2) is 12.6 Å². The highest BCUT2D eigenvalue weighted by Crippen LogP contribution is 2.17. The zero-order valence-electron chi connectivity index (χ0n) is 35.8. The van der Waals surface area contributed by atoms with Gasteiger partial charge in [-0.2, -0.15) is 0 Å². The number of ether oxygens (including phenoxy) is 1. The third-order valence-corrected chi connectivity index (χ3v) is 11.5. The molecule has 0 spiro atoms. The van der Waals surface area contributed by atoms with Gasteiger partial charge in [0.15, 0.2) is 0 Å². The van der Waals surface area contributed by atoms with Gasteiger partial charge in [-0.3, -0.25) is 4.79 Å². The van der Waals surface area contributed by atoms with Crippen LogP contribution in [0.2, 0.25) is 0 Å². The molecule has 0 unspecified atom stereocenters. The quantitative estimate of drug-likeness (QED) is 0.0463. The molecule has 0 saturated heterocycles. The molecule has 0 saturated carbocycles. The fraction of sp³-hybridized carbons (Fsp3) is 0.980. The molecule has 0 fully saturated rings. The molecule has 0 aliphatic rings. The average Bonchev–Trinajstić information content (AvgIpc) is 3.14. The standard InChI is InChI=1S/C49H98O2/c1-3-5-7-9-11-13-15-17-19-20-21-22-23-24-25-26-27-28-29-30-31-32-34-36-38-40-42-44-46-48-51-49(50)47-45-43-41-39-37-35-33-18-16-14-12-10-8-6-4-2/h3-48H2,1-2H3. The molecule has 0 radical (unpaired) electrons. The number of carbonyl (C=O) groups is 1. The van der Waals surface area contributed by atoms with Gasteiger partial charge in [-0.05, 0) is 12.8 Å². The SMILES string of the molecule is CCCCCCCCCCCCCCCCCCCCCCCCCCCCCCCOC(=O)CCCCCCCCCCCCCCCCC. The Kier molecular flexibility index (Phi) is 47.0. The molecule has 0 aromatic heterocycles. The van der Waals surface area contributed by atoms with Gasteiger partial charge in [-0.15, -0.1) is 0 Å². The summed E-state index contributed by atoms with van der Waals surface area (Å²) in [6.07, 6.45) is 62.4. The van der Waals surface area contributed by atoms with E-state index >= 15 is 0 Å². The van der Waals surface area contributed by atoms with Crippen molar-refractivity contribution in [2.75, 3.05) is 6.61 Å². The van der Waals surface area contributed by atoms with Gasteiger partial charge < -0.3 is 4.74 Å². The van der Waals surface area contributed by atoms with Crippen LogP contribution >= 0.6 is 0 Å². The summed E-state index contributed by atoms with van der Waals surface area (Å²) in [4.78, 5) is 12.0. The average molecular weight is 719 g/mol. The molecule has 0 heterocycles. The van der Waals surface area contributed by atoms with Gasteiger partial charge in [0.1, 0.15) is 0 Å². The maximum Gasteiger partial charge on any atom is 0.305 e. The van der Waals surface area contributed by atoms with Gasteiger partial charge in [0.2, 0.25) is 0 Å². The first-order valence-corrected chi connectivity index (χ1v) is 24.5. The number of carbonyl (C=O) groups excluding carboxylic acids is 1. The monoisotopic (exact) mass is 719 g/mol. The Labute approximate surface area is 324 Å². The fourth-order valence-electron chi connectivity index (χ4n) is 7.85. The summed E-state index contributed by atoms with van der Waals surface area (Å²) in [5.74, 6) is 0.0323. The van der Waals surface area contributed by atoms with Gasteiger partial charge in [-0.25, -0.2) is 0 Å². The van der Waals surface area contributed by atoms with Crippen LogP contribution in [0.4, 0.5) is 0 Å². The summed E-state index contributed by atoms with van der Waals surface area (Å²) in [5, 5.41) is 0. The minimum atomic E-state index is 0.0323. The van der Waals surface area contributed by atoms with Crippen LogP contribution in [-0.2, 0) is 9.53 Å². The maximum atomic E-state index is 12.0. The third kappa shape index (κ3) is 47.4. The van der Waals surface area contributed by atoms with E-state index in [0.29, 0.717) is 13.0 Å². The molecule has 0 rings (SSSR count). The fourth-order valence-corrected chi connectivity index (χ4v) is 7.85. The molecule has 306 valence electrons. The van der Waals surface area contributed by atoms with Crippen molar-refractivity contribution < 1.29 is 9.53 Å². The van der Waals surface area contributed by atoms with Crippen LogP contribution in [0.1, 0.15) is 303 Å². The van der Waals surface area contributed by atoms with Crippen molar-refractivity contribution in [1.82, 2.24) is 0 Å². The lowest BCUT2D eigenvalue weighted by molar-refractivity contribution is -0.143. The molecule has 2 heteroatoms. The summed E-state index contributed by atoms with van der Waals surface area (Å²) in [6.45, 7) is 5.23. The topological polar surface area (TPSA) is 26.3 Å². The number of hydrogen-bond acceptors (Lipinski definition) is 2. The van der Waals surface area contributed by atoms with Crippen LogP contribution in [0.25, 0.3) is 0 Å². The van der Waals surface area contributed by atoms with Crippen LogP contribution in [0, 0.1) is 0 Å². The van der Waals surface area contributed by atoms with E-state index in [0.717, 1.165) is 12.8 Å². The molecular weight excluding hydrogens is 621 g/mol. The van der Waals surface area contributed by atoms with Crippen molar-refractivity contribution in [3.05, 3.63) is 0 Å². The van der Waals surface area contributed by atoms with Gasteiger partial charge >= 0.3 is 5.97 Å². The second-order valence-electron chi connectivity index (χ2n) is 16.8. The Bertz CT molecular complexity index is 615. The molecule has 0 atom stereocenters. The number of rotatable bonds is 46. The predicted octanol–water partition coefficient (Wildman–Crippen LogP) is 18.1. The van der Waals surface area contributed by atoms with Crippen molar-refractivity contribution in [3.8, 4) is 0 Å². The Morgan fingerprint density at radius 1 is 0.255 bits per heavy atom. The summed E-state index contributed by atoms with van der Waals surface area (Å²) in [6, 6.07) is 0. The normalized spacial score (nSPS) is 11.5. The first-order valence-electron chi connectivity index (χ1n) is 24.5. The number of esters is 1. The minimum absolute atomic E-state index is 0.0323. The van der Waals surface area contributed by atoms with E-state index in [1.54, 1.807) is 0 Å². The van der Waals surface area contributed by atoms with E-state index in [2.05, 4.69) is 13.8 Å².